The Labute approximate surface area is 95.9 Å². The highest BCUT2D eigenvalue weighted by Gasteiger charge is 2.20. The minimum Gasteiger partial charge on any atom is -0.378 e. The van der Waals surface area contributed by atoms with E-state index in [0.717, 1.165) is 32.6 Å². The van der Waals surface area contributed by atoms with Crippen LogP contribution in [0.4, 0.5) is 0 Å². The molecule has 92 valence electrons. The van der Waals surface area contributed by atoms with Gasteiger partial charge in [-0.1, -0.05) is 0 Å². The third-order valence-electron chi connectivity index (χ3n) is 2.98. The molecule has 5 nitrogen and oxygen atoms in total. The number of ether oxygens (including phenoxy) is 2. The van der Waals surface area contributed by atoms with E-state index in [1.54, 1.807) is 0 Å². The normalized spacial score (nSPS) is 30.2. The number of hydrogen-bond donors (Lipinski definition) is 2. The predicted octanol–water partition coefficient (Wildman–Crippen LogP) is -0.340. The number of carbonyl (C=O) groups excluding carboxylic acids is 1. The van der Waals surface area contributed by atoms with E-state index in [4.69, 9.17) is 9.47 Å². The average molecular weight is 228 g/mol. The molecule has 2 aliphatic heterocycles. The van der Waals surface area contributed by atoms with Gasteiger partial charge < -0.3 is 20.1 Å². The molecular formula is C11H20N2O3. The van der Waals surface area contributed by atoms with Crippen LogP contribution in [0.15, 0.2) is 0 Å². The van der Waals surface area contributed by atoms with Gasteiger partial charge in [0.15, 0.2) is 0 Å². The second kappa shape index (κ2) is 6.18. The molecule has 0 saturated carbocycles. The van der Waals surface area contributed by atoms with Gasteiger partial charge in [0, 0.05) is 25.7 Å². The van der Waals surface area contributed by atoms with Gasteiger partial charge in [0.25, 0.3) is 0 Å². The van der Waals surface area contributed by atoms with Crippen molar-refractivity contribution in [2.24, 2.45) is 0 Å². The van der Waals surface area contributed by atoms with E-state index < -0.39 is 0 Å². The maximum Gasteiger partial charge on any atom is 0.222 e. The Morgan fingerprint density at radius 3 is 3.06 bits per heavy atom. The molecule has 1 amide bonds. The van der Waals surface area contributed by atoms with Crippen molar-refractivity contribution in [2.45, 2.75) is 31.4 Å². The monoisotopic (exact) mass is 228 g/mol. The van der Waals surface area contributed by atoms with Crippen LogP contribution in [0.1, 0.15) is 19.3 Å². The number of nitrogens with one attached hydrogen (secondary N) is 2. The molecule has 0 aromatic carbocycles. The lowest BCUT2D eigenvalue weighted by molar-refractivity contribution is -0.123. The van der Waals surface area contributed by atoms with Crippen molar-refractivity contribution < 1.29 is 14.3 Å². The second-order valence-corrected chi connectivity index (χ2v) is 4.37. The minimum absolute atomic E-state index is 0.0827. The van der Waals surface area contributed by atoms with E-state index in [0.29, 0.717) is 19.6 Å². The summed E-state index contributed by atoms with van der Waals surface area (Å²) in [6, 6.07) is 0.252. The van der Waals surface area contributed by atoms with Crippen molar-refractivity contribution in [1.29, 1.82) is 0 Å². The third kappa shape index (κ3) is 3.73. The van der Waals surface area contributed by atoms with Gasteiger partial charge in [0.1, 0.15) is 0 Å². The van der Waals surface area contributed by atoms with Crippen LogP contribution in [0, 0.1) is 0 Å². The lowest BCUT2D eigenvalue weighted by Crippen LogP contribution is -2.48. The fraction of sp³-hybridized carbons (Fsp3) is 0.909. The highest BCUT2D eigenvalue weighted by atomic mass is 16.5. The molecule has 2 unspecified atom stereocenters. The van der Waals surface area contributed by atoms with Crippen LogP contribution in [0.25, 0.3) is 0 Å². The standard InChI is InChI=1S/C11H20N2O3/c14-11(6-10-2-1-4-16-10)13-7-9-8-15-5-3-12-9/h9-10,12H,1-8H2,(H,13,14). The first kappa shape index (κ1) is 11.8. The average Bonchev–Trinajstić information content (AvgIpc) is 2.81. The highest BCUT2D eigenvalue weighted by Crippen LogP contribution is 2.14. The van der Waals surface area contributed by atoms with Gasteiger partial charge in [-0.05, 0) is 12.8 Å². The van der Waals surface area contributed by atoms with Gasteiger partial charge >= 0.3 is 0 Å². The summed E-state index contributed by atoms with van der Waals surface area (Å²) in [5.74, 6) is 0.0827. The number of amides is 1. The van der Waals surface area contributed by atoms with Gasteiger partial charge in [-0.3, -0.25) is 4.79 Å². The lowest BCUT2D eigenvalue weighted by Gasteiger charge is -2.24. The van der Waals surface area contributed by atoms with E-state index in [1.165, 1.54) is 0 Å². The van der Waals surface area contributed by atoms with Crippen LogP contribution in [0.5, 0.6) is 0 Å². The molecule has 2 fully saturated rings. The summed E-state index contributed by atoms with van der Waals surface area (Å²) in [6.07, 6.45) is 2.72. The molecule has 2 rings (SSSR count). The molecule has 5 heteroatoms. The number of rotatable bonds is 4. The summed E-state index contributed by atoms with van der Waals surface area (Å²) < 4.78 is 10.7. The van der Waals surface area contributed by atoms with Gasteiger partial charge in [0.05, 0.1) is 25.7 Å². The van der Waals surface area contributed by atoms with E-state index in [9.17, 15) is 4.79 Å². The maximum absolute atomic E-state index is 11.6. The van der Waals surface area contributed by atoms with Crippen molar-refractivity contribution in [3.8, 4) is 0 Å². The number of carbonyl (C=O) groups is 1. The molecule has 16 heavy (non-hydrogen) atoms. The molecule has 2 aliphatic rings. The zero-order chi connectivity index (χ0) is 11.2. The number of hydrogen-bond acceptors (Lipinski definition) is 4. The van der Waals surface area contributed by atoms with Crippen LogP contribution in [0.2, 0.25) is 0 Å². The Balaban J connectivity index is 1.59. The first-order chi connectivity index (χ1) is 7.84. The summed E-state index contributed by atoms with van der Waals surface area (Å²) >= 11 is 0. The largest absolute Gasteiger partial charge is 0.378 e. The molecule has 0 spiro atoms. The van der Waals surface area contributed by atoms with Crippen molar-refractivity contribution in [1.82, 2.24) is 10.6 Å². The Kier molecular flexibility index (Phi) is 4.56. The molecule has 2 saturated heterocycles. The Hall–Kier alpha value is -0.650. The zero-order valence-electron chi connectivity index (χ0n) is 9.54. The molecule has 2 atom stereocenters. The molecule has 2 N–H and O–H groups in total. The predicted molar refractivity (Wildman–Crippen MR) is 59.2 cm³/mol. The van der Waals surface area contributed by atoms with E-state index >= 15 is 0 Å². The van der Waals surface area contributed by atoms with Crippen LogP contribution < -0.4 is 10.6 Å². The van der Waals surface area contributed by atoms with Crippen LogP contribution in [0.3, 0.4) is 0 Å². The molecule has 0 radical (unpaired) electrons. The Morgan fingerprint density at radius 2 is 2.38 bits per heavy atom. The Morgan fingerprint density at radius 1 is 1.44 bits per heavy atom. The summed E-state index contributed by atoms with van der Waals surface area (Å²) in [5.41, 5.74) is 0. The van der Waals surface area contributed by atoms with E-state index in [-0.39, 0.29) is 18.1 Å². The highest BCUT2D eigenvalue weighted by molar-refractivity contribution is 5.76. The molecule has 0 bridgehead atoms. The first-order valence-corrected chi connectivity index (χ1v) is 6.04. The van der Waals surface area contributed by atoms with Gasteiger partial charge in [0.2, 0.25) is 5.91 Å². The van der Waals surface area contributed by atoms with Crippen LogP contribution >= 0.6 is 0 Å². The summed E-state index contributed by atoms with van der Waals surface area (Å²) in [6.45, 7) is 3.76. The van der Waals surface area contributed by atoms with Crippen molar-refractivity contribution in [3.63, 3.8) is 0 Å². The topological polar surface area (TPSA) is 59.6 Å². The molecule has 0 aromatic rings. The van der Waals surface area contributed by atoms with Crippen LogP contribution in [-0.4, -0.2) is 51.0 Å². The Bertz CT molecular complexity index is 223. The molecule has 0 aliphatic carbocycles. The van der Waals surface area contributed by atoms with Gasteiger partial charge in [-0.2, -0.15) is 0 Å². The maximum atomic E-state index is 11.6. The fourth-order valence-corrected chi connectivity index (χ4v) is 2.07. The lowest BCUT2D eigenvalue weighted by atomic mass is 10.1. The molecular weight excluding hydrogens is 208 g/mol. The summed E-state index contributed by atoms with van der Waals surface area (Å²) in [7, 11) is 0. The quantitative estimate of drug-likeness (QED) is 0.691. The molecule has 0 aromatic heterocycles. The second-order valence-electron chi connectivity index (χ2n) is 4.37. The van der Waals surface area contributed by atoms with E-state index in [2.05, 4.69) is 10.6 Å². The number of morpholine rings is 1. The smallest absolute Gasteiger partial charge is 0.222 e. The first-order valence-electron chi connectivity index (χ1n) is 6.04. The van der Waals surface area contributed by atoms with Crippen molar-refractivity contribution in [3.05, 3.63) is 0 Å². The summed E-state index contributed by atoms with van der Waals surface area (Å²) in [4.78, 5) is 11.6. The SMILES string of the molecule is O=C(CC1CCCO1)NCC1COCCN1. The third-order valence-corrected chi connectivity index (χ3v) is 2.98. The zero-order valence-corrected chi connectivity index (χ0v) is 9.54. The van der Waals surface area contributed by atoms with Crippen molar-refractivity contribution >= 4 is 5.91 Å². The summed E-state index contributed by atoms with van der Waals surface area (Å²) in [5, 5.41) is 6.21. The molecule has 2 heterocycles. The van der Waals surface area contributed by atoms with Gasteiger partial charge in [-0.25, -0.2) is 0 Å². The van der Waals surface area contributed by atoms with Crippen LogP contribution in [-0.2, 0) is 14.3 Å². The van der Waals surface area contributed by atoms with Gasteiger partial charge in [-0.15, -0.1) is 0 Å². The van der Waals surface area contributed by atoms with Crippen molar-refractivity contribution in [2.75, 3.05) is 32.9 Å². The fourth-order valence-electron chi connectivity index (χ4n) is 2.07. The van der Waals surface area contributed by atoms with E-state index in [1.807, 2.05) is 0 Å². The minimum atomic E-state index is 0.0827.